The Kier molecular flexibility index (Phi) is 3.03. The normalized spacial score (nSPS) is 9.80. The van der Waals surface area contributed by atoms with Crippen molar-refractivity contribution in [2.24, 2.45) is 0 Å². The highest BCUT2D eigenvalue weighted by molar-refractivity contribution is 7.98. The van der Waals surface area contributed by atoms with Crippen molar-refractivity contribution in [2.75, 3.05) is 6.26 Å². The lowest BCUT2D eigenvalue weighted by molar-refractivity contribution is 1.10. The largest absolute Gasteiger partial charge is 0.250 e. The van der Waals surface area contributed by atoms with Crippen LogP contribution >= 0.6 is 23.4 Å². The van der Waals surface area contributed by atoms with E-state index in [1.807, 2.05) is 18.4 Å². The van der Waals surface area contributed by atoms with Gasteiger partial charge in [0.1, 0.15) is 0 Å². The van der Waals surface area contributed by atoms with Crippen molar-refractivity contribution in [3.63, 3.8) is 0 Å². The van der Waals surface area contributed by atoms with E-state index in [4.69, 9.17) is 11.6 Å². The first-order chi connectivity index (χ1) is 4.86. The Hall–Kier alpha value is -0.210. The fourth-order valence-electron chi connectivity index (χ4n) is 0.611. The molecule has 1 aromatic heterocycles. The van der Waals surface area contributed by atoms with Crippen LogP contribution in [0.25, 0.3) is 0 Å². The van der Waals surface area contributed by atoms with Crippen molar-refractivity contribution in [1.29, 1.82) is 0 Å². The summed E-state index contributed by atoms with van der Waals surface area (Å²) in [6.07, 6.45) is 3.81. The fraction of sp³-hybridized carbons (Fsp3) is 0.286. The van der Waals surface area contributed by atoms with Gasteiger partial charge in [0, 0.05) is 12.1 Å². The Balaban J connectivity index is 2.80. The maximum atomic E-state index is 5.58. The number of halogens is 1. The molecule has 1 rings (SSSR count). The van der Waals surface area contributed by atoms with Gasteiger partial charge in [0.05, 0.1) is 5.03 Å². The van der Waals surface area contributed by atoms with E-state index >= 15 is 0 Å². The molecule has 0 saturated carbocycles. The van der Waals surface area contributed by atoms with Gasteiger partial charge in [-0.1, -0.05) is 6.07 Å². The van der Waals surface area contributed by atoms with Crippen LogP contribution in [0, 0.1) is 0 Å². The van der Waals surface area contributed by atoms with Gasteiger partial charge in [0.25, 0.3) is 0 Å². The zero-order valence-electron chi connectivity index (χ0n) is 5.67. The quantitative estimate of drug-likeness (QED) is 0.504. The summed E-state index contributed by atoms with van der Waals surface area (Å²) in [5.74, 6) is 0.543. The lowest BCUT2D eigenvalue weighted by Crippen LogP contribution is -1.81. The number of hydrogen-bond acceptors (Lipinski definition) is 2. The highest BCUT2D eigenvalue weighted by Crippen LogP contribution is 2.11. The molecule has 3 heteroatoms. The molecule has 0 aliphatic carbocycles. The minimum Gasteiger partial charge on any atom is -0.250 e. The first kappa shape index (κ1) is 7.89. The smallest absolute Gasteiger partial charge is 0.0957 e. The van der Waals surface area contributed by atoms with E-state index in [0.29, 0.717) is 5.88 Å². The van der Waals surface area contributed by atoms with E-state index in [-0.39, 0.29) is 0 Å². The summed E-state index contributed by atoms with van der Waals surface area (Å²) >= 11 is 7.21. The molecule has 0 spiro atoms. The highest BCUT2D eigenvalue weighted by atomic mass is 35.5. The number of pyridine rings is 1. The van der Waals surface area contributed by atoms with Gasteiger partial charge in [-0.15, -0.1) is 23.4 Å². The van der Waals surface area contributed by atoms with Gasteiger partial charge in [-0.3, -0.25) is 0 Å². The molecule has 0 N–H and O–H groups in total. The Labute approximate surface area is 69.8 Å². The number of thioether (sulfide) groups is 1. The van der Waals surface area contributed by atoms with Crippen LogP contribution in [-0.2, 0) is 5.88 Å². The molecule has 1 aromatic rings. The molecule has 0 fully saturated rings. The Morgan fingerprint density at radius 1 is 1.60 bits per heavy atom. The SMILES string of the molecule is CSc1ccc(CCl)cn1. The van der Waals surface area contributed by atoms with Crippen LogP contribution in [-0.4, -0.2) is 11.2 Å². The van der Waals surface area contributed by atoms with Gasteiger partial charge >= 0.3 is 0 Å². The average molecular weight is 174 g/mol. The van der Waals surface area contributed by atoms with E-state index in [1.165, 1.54) is 0 Å². The Morgan fingerprint density at radius 3 is 2.80 bits per heavy atom. The number of nitrogens with zero attached hydrogens (tertiary/aromatic N) is 1. The third-order valence-electron chi connectivity index (χ3n) is 1.16. The monoisotopic (exact) mass is 173 g/mol. The molecule has 0 aliphatic heterocycles. The summed E-state index contributed by atoms with van der Waals surface area (Å²) < 4.78 is 0. The highest BCUT2D eigenvalue weighted by Gasteiger charge is 1.91. The van der Waals surface area contributed by atoms with Gasteiger partial charge < -0.3 is 0 Å². The van der Waals surface area contributed by atoms with Crippen LogP contribution in [0.5, 0.6) is 0 Å². The van der Waals surface area contributed by atoms with Crippen molar-refractivity contribution >= 4 is 23.4 Å². The zero-order chi connectivity index (χ0) is 7.40. The molecule has 1 heterocycles. The molecular weight excluding hydrogens is 166 g/mol. The summed E-state index contributed by atoms with van der Waals surface area (Å²) in [4.78, 5) is 4.15. The van der Waals surface area contributed by atoms with Crippen molar-refractivity contribution in [2.45, 2.75) is 10.9 Å². The molecule has 0 bridgehead atoms. The summed E-state index contributed by atoms with van der Waals surface area (Å²) in [7, 11) is 0. The topological polar surface area (TPSA) is 12.9 Å². The summed E-state index contributed by atoms with van der Waals surface area (Å²) in [5.41, 5.74) is 1.07. The van der Waals surface area contributed by atoms with Crippen LogP contribution in [0.15, 0.2) is 23.4 Å². The van der Waals surface area contributed by atoms with E-state index in [9.17, 15) is 0 Å². The maximum Gasteiger partial charge on any atom is 0.0957 e. The number of rotatable bonds is 2. The molecule has 1 nitrogen and oxygen atoms in total. The molecule has 0 atom stereocenters. The van der Waals surface area contributed by atoms with Crippen LogP contribution in [0.3, 0.4) is 0 Å². The second-order valence-electron chi connectivity index (χ2n) is 1.84. The standard InChI is InChI=1S/C7H8ClNS/c1-10-7-3-2-6(4-8)5-9-7/h2-3,5H,4H2,1H3. The third-order valence-corrected chi connectivity index (χ3v) is 2.13. The van der Waals surface area contributed by atoms with E-state index < -0.39 is 0 Å². The molecule has 0 unspecified atom stereocenters. The fourth-order valence-corrected chi connectivity index (χ4v) is 1.13. The first-order valence-corrected chi connectivity index (χ1v) is 4.67. The molecule has 0 aliphatic rings. The van der Waals surface area contributed by atoms with Gasteiger partial charge in [-0.05, 0) is 17.9 Å². The van der Waals surface area contributed by atoms with Crippen LogP contribution in [0.2, 0.25) is 0 Å². The van der Waals surface area contributed by atoms with E-state index in [0.717, 1.165) is 10.6 Å². The van der Waals surface area contributed by atoms with Crippen LogP contribution < -0.4 is 0 Å². The molecule has 0 amide bonds. The minimum absolute atomic E-state index is 0.543. The molecule has 0 aromatic carbocycles. The Morgan fingerprint density at radius 2 is 2.40 bits per heavy atom. The predicted octanol–water partition coefficient (Wildman–Crippen LogP) is 2.54. The number of aromatic nitrogens is 1. The Bertz CT molecular complexity index is 174. The van der Waals surface area contributed by atoms with Crippen molar-refractivity contribution in [1.82, 2.24) is 4.98 Å². The molecule has 0 saturated heterocycles. The summed E-state index contributed by atoms with van der Waals surface area (Å²) in [5, 5.41) is 1.04. The number of hydrogen-bond donors (Lipinski definition) is 0. The minimum atomic E-state index is 0.543. The second kappa shape index (κ2) is 3.84. The van der Waals surface area contributed by atoms with Crippen LogP contribution in [0.4, 0.5) is 0 Å². The van der Waals surface area contributed by atoms with Gasteiger partial charge in [-0.2, -0.15) is 0 Å². The van der Waals surface area contributed by atoms with Crippen LogP contribution in [0.1, 0.15) is 5.56 Å². The van der Waals surface area contributed by atoms with Crippen molar-refractivity contribution in [3.8, 4) is 0 Å². The molecular formula is C7H8ClNS. The van der Waals surface area contributed by atoms with E-state index in [1.54, 1.807) is 18.0 Å². The molecule has 0 radical (unpaired) electrons. The average Bonchev–Trinajstić information content (AvgIpc) is 2.05. The first-order valence-electron chi connectivity index (χ1n) is 2.91. The van der Waals surface area contributed by atoms with Crippen molar-refractivity contribution < 1.29 is 0 Å². The summed E-state index contributed by atoms with van der Waals surface area (Å²) in [6, 6.07) is 3.97. The predicted molar refractivity (Wildman–Crippen MR) is 45.6 cm³/mol. The maximum absolute atomic E-state index is 5.58. The van der Waals surface area contributed by atoms with Gasteiger partial charge in [0.15, 0.2) is 0 Å². The molecule has 10 heavy (non-hydrogen) atoms. The second-order valence-corrected chi connectivity index (χ2v) is 2.94. The summed E-state index contributed by atoms with van der Waals surface area (Å²) in [6.45, 7) is 0. The lowest BCUT2D eigenvalue weighted by atomic mass is 10.3. The van der Waals surface area contributed by atoms with Gasteiger partial charge in [0.2, 0.25) is 0 Å². The van der Waals surface area contributed by atoms with Crippen molar-refractivity contribution in [3.05, 3.63) is 23.9 Å². The lowest BCUT2D eigenvalue weighted by Gasteiger charge is -1.95. The number of alkyl halides is 1. The van der Waals surface area contributed by atoms with E-state index in [2.05, 4.69) is 4.98 Å². The zero-order valence-corrected chi connectivity index (χ0v) is 7.25. The van der Waals surface area contributed by atoms with Gasteiger partial charge in [-0.25, -0.2) is 4.98 Å². The third kappa shape index (κ3) is 1.89. The molecule has 54 valence electrons.